The molecule has 0 saturated heterocycles. The first kappa shape index (κ1) is 13.3. The van der Waals surface area contributed by atoms with E-state index in [1.807, 2.05) is 0 Å². The van der Waals surface area contributed by atoms with Gasteiger partial charge in [-0.25, -0.2) is 0 Å². The minimum absolute atomic E-state index is 0.0432. The van der Waals surface area contributed by atoms with E-state index in [9.17, 15) is 5.26 Å². The molecule has 0 aromatic rings. The summed E-state index contributed by atoms with van der Waals surface area (Å²) in [6.45, 7) is 8.93. The molecule has 1 aliphatic rings. The van der Waals surface area contributed by atoms with E-state index in [0.717, 1.165) is 31.6 Å². The Morgan fingerprint density at radius 2 is 2.00 bits per heavy atom. The van der Waals surface area contributed by atoms with Crippen LogP contribution in [0.5, 0.6) is 0 Å². The van der Waals surface area contributed by atoms with Crippen LogP contribution in [-0.4, -0.2) is 0 Å². The minimum Gasteiger partial charge on any atom is -0.198 e. The van der Waals surface area contributed by atoms with Crippen LogP contribution in [0.2, 0.25) is 0 Å². The lowest BCUT2D eigenvalue weighted by molar-refractivity contribution is 0.296. The molecule has 1 atom stereocenters. The standard InChI is InChI=1S/C15H25N/c1-12(2)6-5-8-15(11-16)9-7-13(3)14(4)10-15/h12H,5-10H2,1-4H3. The van der Waals surface area contributed by atoms with E-state index in [1.54, 1.807) is 0 Å². The van der Waals surface area contributed by atoms with Crippen LogP contribution in [0.25, 0.3) is 0 Å². The lowest BCUT2D eigenvalue weighted by Gasteiger charge is -2.32. The zero-order valence-electron chi connectivity index (χ0n) is 11.3. The molecule has 1 nitrogen and oxygen atoms in total. The zero-order chi connectivity index (χ0) is 12.2. The largest absolute Gasteiger partial charge is 0.198 e. The first-order chi connectivity index (χ1) is 7.49. The topological polar surface area (TPSA) is 23.8 Å². The highest BCUT2D eigenvalue weighted by atomic mass is 14.4. The normalized spacial score (nSPS) is 26.0. The molecule has 0 heterocycles. The Morgan fingerprint density at radius 1 is 1.31 bits per heavy atom. The number of rotatable bonds is 4. The van der Waals surface area contributed by atoms with E-state index in [4.69, 9.17) is 0 Å². The van der Waals surface area contributed by atoms with Crippen molar-refractivity contribution in [2.45, 2.75) is 66.2 Å². The van der Waals surface area contributed by atoms with Gasteiger partial charge in [0.15, 0.2) is 0 Å². The summed E-state index contributed by atoms with van der Waals surface area (Å²) in [7, 11) is 0. The number of allylic oxidation sites excluding steroid dienone is 2. The molecule has 0 aromatic heterocycles. The summed E-state index contributed by atoms with van der Waals surface area (Å²) in [5.74, 6) is 0.762. The molecule has 0 N–H and O–H groups in total. The lowest BCUT2D eigenvalue weighted by atomic mass is 9.70. The van der Waals surface area contributed by atoms with Gasteiger partial charge in [-0.15, -0.1) is 0 Å². The molecule has 1 aliphatic carbocycles. The van der Waals surface area contributed by atoms with Gasteiger partial charge >= 0.3 is 0 Å². The van der Waals surface area contributed by atoms with Crippen LogP contribution in [0.4, 0.5) is 0 Å². The van der Waals surface area contributed by atoms with Crippen molar-refractivity contribution in [2.24, 2.45) is 11.3 Å². The van der Waals surface area contributed by atoms with E-state index in [1.165, 1.54) is 24.0 Å². The molecule has 16 heavy (non-hydrogen) atoms. The number of hydrogen-bond acceptors (Lipinski definition) is 1. The van der Waals surface area contributed by atoms with Gasteiger partial charge < -0.3 is 0 Å². The fraction of sp³-hybridized carbons (Fsp3) is 0.800. The summed E-state index contributed by atoms with van der Waals surface area (Å²) in [6.07, 6.45) is 6.76. The second-order valence-corrected chi connectivity index (χ2v) is 5.92. The Labute approximate surface area is 101 Å². The summed E-state index contributed by atoms with van der Waals surface area (Å²) >= 11 is 0. The molecular formula is C15H25N. The maximum absolute atomic E-state index is 9.44. The van der Waals surface area contributed by atoms with E-state index < -0.39 is 0 Å². The summed E-state index contributed by atoms with van der Waals surface area (Å²) in [6, 6.07) is 2.61. The number of nitrogens with zero attached hydrogens (tertiary/aromatic N) is 1. The molecule has 0 bridgehead atoms. The van der Waals surface area contributed by atoms with Gasteiger partial charge in [0.2, 0.25) is 0 Å². The predicted octanol–water partition coefficient (Wildman–Crippen LogP) is 4.84. The molecule has 0 aliphatic heterocycles. The van der Waals surface area contributed by atoms with Crippen LogP contribution in [-0.2, 0) is 0 Å². The lowest BCUT2D eigenvalue weighted by Crippen LogP contribution is -2.23. The van der Waals surface area contributed by atoms with Crippen molar-refractivity contribution in [2.75, 3.05) is 0 Å². The van der Waals surface area contributed by atoms with Crippen LogP contribution in [0.15, 0.2) is 11.1 Å². The van der Waals surface area contributed by atoms with Crippen LogP contribution in [0.1, 0.15) is 66.2 Å². The van der Waals surface area contributed by atoms with E-state index in [-0.39, 0.29) is 5.41 Å². The first-order valence-electron chi connectivity index (χ1n) is 6.55. The summed E-state index contributed by atoms with van der Waals surface area (Å²) in [5, 5.41) is 9.44. The molecule has 0 aromatic carbocycles. The third kappa shape index (κ3) is 3.37. The third-order valence-electron chi connectivity index (χ3n) is 3.98. The molecule has 1 heteroatoms. The van der Waals surface area contributed by atoms with Gasteiger partial charge in [-0.3, -0.25) is 0 Å². The van der Waals surface area contributed by atoms with Crippen molar-refractivity contribution < 1.29 is 0 Å². The molecule has 0 fully saturated rings. The Hall–Kier alpha value is -0.770. The maximum Gasteiger partial charge on any atom is 0.0693 e. The van der Waals surface area contributed by atoms with Crippen molar-refractivity contribution >= 4 is 0 Å². The Kier molecular flexibility index (Phi) is 4.59. The Bertz CT molecular complexity index is 306. The van der Waals surface area contributed by atoms with Crippen molar-refractivity contribution in [3.63, 3.8) is 0 Å². The van der Waals surface area contributed by atoms with Gasteiger partial charge in [-0.2, -0.15) is 5.26 Å². The number of hydrogen-bond donors (Lipinski definition) is 0. The summed E-state index contributed by atoms with van der Waals surface area (Å²) < 4.78 is 0. The summed E-state index contributed by atoms with van der Waals surface area (Å²) in [5.41, 5.74) is 2.92. The average molecular weight is 219 g/mol. The van der Waals surface area contributed by atoms with E-state index >= 15 is 0 Å². The zero-order valence-corrected chi connectivity index (χ0v) is 11.3. The van der Waals surface area contributed by atoms with Gasteiger partial charge in [-0.05, 0) is 45.4 Å². The number of nitriles is 1. The SMILES string of the molecule is CC1=C(C)CC(C#N)(CCCC(C)C)CC1. The molecule has 0 radical (unpaired) electrons. The van der Waals surface area contributed by atoms with Crippen LogP contribution >= 0.6 is 0 Å². The second-order valence-electron chi connectivity index (χ2n) is 5.92. The highest BCUT2D eigenvalue weighted by Gasteiger charge is 2.32. The summed E-state index contributed by atoms with van der Waals surface area (Å²) in [4.78, 5) is 0. The van der Waals surface area contributed by atoms with Crippen molar-refractivity contribution in [3.8, 4) is 6.07 Å². The first-order valence-corrected chi connectivity index (χ1v) is 6.55. The fourth-order valence-electron chi connectivity index (χ4n) is 2.60. The van der Waals surface area contributed by atoms with Crippen molar-refractivity contribution in [1.82, 2.24) is 0 Å². The molecule has 0 amide bonds. The van der Waals surface area contributed by atoms with Crippen molar-refractivity contribution in [3.05, 3.63) is 11.1 Å². The van der Waals surface area contributed by atoms with Crippen LogP contribution in [0.3, 0.4) is 0 Å². The van der Waals surface area contributed by atoms with E-state index in [0.29, 0.717) is 0 Å². The molecule has 0 spiro atoms. The highest BCUT2D eigenvalue weighted by molar-refractivity contribution is 5.20. The molecule has 1 unspecified atom stereocenters. The van der Waals surface area contributed by atoms with Gasteiger partial charge in [0, 0.05) is 0 Å². The van der Waals surface area contributed by atoms with Gasteiger partial charge in [-0.1, -0.05) is 37.8 Å². The minimum atomic E-state index is -0.0432. The van der Waals surface area contributed by atoms with Crippen LogP contribution in [0, 0.1) is 22.7 Å². The quantitative estimate of drug-likeness (QED) is 0.620. The smallest absolute Gasteiger partial charge is 0.0693 e. The maximum atomic E-state index is 9.44. The molecular weight excluding hydrogens is 194 g/mol. The fourth-order valence-corrected chi connectivity index (χ4v) is 2.60. The van der Waals surface area contributed by atoms with Crippen LogP contribution < -0.4 is 0 Å². The second kappa shape index (κ2) is 5.53. The monoisotopic (exact) mass is 219 g/mol. The van der Waals surface area contributed by atoms with Gasteiger partial charge in [0.05, 0.1) is 11.5 Å². The Morgan fingerprint density at radius 3 is 2.50 bits per heavy atom. The molecule has 1 rings (SSSR count). The Balaban J connectivity index is 2.57. The third-order valence-corrected chi connectivity index (χ3v) is 3.98. The molecule has 0 saturated carbocycles. The van der Waals surface area contributed by atoms with Gasteiger partial charge in [0.1, 0.15) is 0 Å². The van der Waals surface area contributed by atoms with Gasteiger partial charge in [0.25, 0.3) is 0 Å². The average Bonchev–Trinajstić information content (AvgIpc) is 2.23. The van der Waals surface area contributed by atoms with E-state index in [2.05, 4.69) is 33.8 Å². The molecule has 90 valence electrons. The predicted molar refractivity (Wildman–Crippen MR) is 69.0 cm³/mol. The van der Waals surface area contributed by atoms with Crippen molar-refractivity contribution in [1.29, 1.82) is 5.26 Å². The highest BCUT2D eigenvalue weighted by Crippen LogP contribution is 2.42.